The minimum atomic E-state index is 0.854. The van der Waals surface area contributed by atoms with Gasteiger partial charge in [0.1, 0.15) is 0 Å². The van der Waals surface area contributed by atoms with Gasteiger partial charge in [-0.1, -0.05) is 48.5 Å². The van der Waals surface area contributed by atoms with Crippen molar-refractivity contribution in [1.29, 1.82) is 0 Å². The van der Waals surface area contributed by atoms with E-state index in [2.05, 4.69) is 81.9 Å². The van der Waals surface area contributed by atoms with Crippen LogP contribution in [0.4, 0.5) is 17.1 Å². The fraction of sp³-hybridized carbons (Fsp3) is 0.0833. The molecule has 1 aliphatic carbocycles. The number of rotatable bonds is 3. The molecular formula is C24H19N3. The minimum absolute atomic E-state index is 0.854. The molecule has 3 nitrogen and oxygen atoms in total. The molecule has 0 bridgehead atoms. The Morgan fingerprint density at radius 2 is 1.26 bits per heavy atom. The summed E-state index contributed by atoms with van der Waals surface area (Å²) in [6, 6.07) is 27.4. The molecule has 0 radical (unpaired) electrons. The summed E-state index contributed by atoms with van der Waals surface area (Å²) in [6.45, 7) is 0. The molecule has 3 heteroatoms. The van der Waals surface area contributed by atoms with Crippen molar-refractivity contribution in [2.45, 2.75) is 0 Å². The van der Waals surface area contributed by atoms with Crippen LogP contribution in [0, 0.1) is 0 Å². The van der Waals surface area contributed by atoms with Gasteiger partial charge in [-0.3, -0.25) is 0 Å². The zero-order chi connectivity index (χ0) is 18.4. The Morgan fingerprint density at radius 3 is 1.96 bits per heavy atom. The van der Waals surface area contributed by atoms with Crippen LogP contribution in [0.1, 0.15) is 0 Å². The molecule has 5 rings (SSSR count). The summed E-state index contributed by atoms with van der Waals surface area (Å²) in [5, 5.41) is 11.4. The number of fused-ring (bicyclic) bond motifs is 3. The van der Waals surface area contributed by atoms with E-state index >= 15 is 0 Å². The van der Waals surface area contributed by atoms with Crippen LogP contribution in [0.2, 0.25) is 0 Å². The molecule has 0 atom stereocenters. The average molecular weight is 349 g/mol. The van der Waals surface area contributed by atoms with Gasteiger partial charge in [-0.15, -0.1) is 5.11 Å². The van der Waals surface area contributed by atoms with Gasteiger partial charge in [0.25, 0.3) is 0 Å². The smallest absolute Gasteiger partial charge is 0.0936 e. The maximum Gasteiger partial charge on any atom is 0.0936 e. The number of azo groups is 1. The van der Waals surface area contributed by atoms with Gasteiger partial charge >= 0.3 is 0 Å². The van der Waals surface area contributed by atoms with Gasteiger partial charge in [-0.05, 0) is 58.0 Å². The minimum Gasteiger partial charge on any atom is -0.378 e. The highest BCUT2D eigenvalue weighted by molar-refractivity contribution is 6.17. The molecule has 0 amide bonds. The SMILES string of the molecule is CN(C)c1ccc(N=Nc2ccc3c4c(cccc24)-c2ccccc2-3)cc1. The summed E-state index contributed by atoms with van der Waals surface area (Å²) < 4.78 is 0. The first kappa shape index (κ1) is 15.8. The van der Waals surface area contributed by atoms with Gasteiger partial charge < -0.3 is 4.90 Å². The highest BCUT2D eigenvalue weighted by atomic mass is 15.1. The van der Waals surface area contributed by atoms with Crippen LogP contribution in [0.3, 0.4) is 0 Å². The number of hydrogen-bond donors (Lipinski definition) is 0. The standard InChI is InChI=1S/C24H19N3/c1-27(2)17-12-10-16(11-13-17)25-26-23-15-14-21-19-7-4-3-6-18(19)20-8-5-9-22(23)24(20)21/h3-15H,1-2H3. The average Bonchev–Trinajstić information content (AvgIpc) is 3.04. The second-order valence-corrected chi connectivity index (χ2v) is 7.02. The van der Waals surface area contributed by atoms with Gasteiger partial charge in [0, 0.05) is 25.2 Å². The molecule has 0 unspecified atom stereocenters. The Hall–Kier alpha value is -3.46. The van der Waals surface area contributed by atoms with Crippen molar-refractivity contribution < 1.29 is 0 Å². The van der Waals surface area contributed by atoms with Crippen LogP contribution >= 0.6 is 0 Å². The van der Waals surface area contributed by atoms with E-state index in [4.69, 9.17) is 0 Å². The molecule has 0 saturated carbocycles. The third kappa shape index (κ3) is 2.51. The summed E-state index contributed by atoms with van der Waals surface area (Å²) in [5.74, 6) is 0. The lowest BCUT2D eigenvalue weighted by Gasteiger charge is -2.11. The van der Waals surface area contributed by atoms with Crippen LogP contribution in [0.15, 0.2) is 89.1 Å². The van der Waals surface area contributed by atoms with E-state index in [1.165, 1.54) is 27.6 Å². The predicted octanol–water partition coefficient (Wildman–Crippen LogP) is 6.97. The number of benzene rings is 4. The maximum absolute atomic E-state index is 4.56. The van der Waals surface area contributed by atoms with Crippen LogP contribution in [-0.4, -0.2) is 14.1 Å². The van der Waals surface area contributed by atoms with E-state index in [0.29, 0.717) is 0 Å². The predicted molar refractivity (Wildman–Crippen MR) is 113 cm³/mol. The van der Waals surface area contributed by atoms with Gasteiger partial charge in [-0.25, -0.2) is 0 Å². The molecule has 1 aliphatic rings. The number of hydrogen-bond acceptors (Lipinski definition) is 3. The summed E-state index contributed by atoms with van der Waals surface area (Å²) >= 11 is 0. The normalized spacial score (nSPS) is 11.9. The second kappa shape index (κ2) is 6.06. The van der Waals surface area contributed by atoms with Gasteiger partial charge in [-0.2, -0.15) is 5.11 Å². The third-order valence-corrected chi connectivity index (χ3v) is 5.16. The fourth-order valence-electron chi connectivity index (χ4n) is 3.81. The quantitative estimate of drug-likeness (QED) is 0.323. The van der Waals surface area contributed by atoms with Crippen molar-refractivity contribution in [3.8, 4) is 22.3 Å². The first-order valence-corrected chi connectivity index (χ1v) is 9.07. The van der Waals surface area contributed by atoms with Crippen LogP contribution in [-0.2, 0) is 0 Å². The van der Waals surface area contributed by atoms with E-state index in [1.54, 1.807) is 0 Å². The Kier molecular flexibility index (Phi) is 3.54. The molecule has 4 aromatic rings. The molecular weight excluding hydrogens is 330 g/mol. The summed E-state index contributed by atoms with van der Waals surface area (Å²) in [6.07, 6.45) is 0. The zero-order valence-electron chi connectivity index (χ0n) is 15.3. The lowest BCUT2D eigenvalue weighted by atomic mass is 10.0. The summed E-state index contributed by atoms with van der Waals surface area (Å²) in [4.78, 5) is 2.07. The first-order chi connectivity index (χ1) is 13.2. The second-order valence-electron chi connectivity index (χ2n) is 7.02. The van der Waals surface area contributed by atoms with E-state index in [-0.39, 0.29) is 0 Å². The molecule has 130 valence electrons. The van der Waals surface area contributed by atoms with Crippen LogP contribution < -0.4 is 4.90 Å². The van der Waals surface area contributed by atoms with Crippen molar-refractivity contribution in [2.75, 3.05) is 19.0 Å². The molecule has 0 saturated heterocycles. The molecule has 0 heterocycles. The number of anilines is 1. The first-order valence-electron chi connectivity index (χ1n) is 9.07. The lowest BCUT2D eigenvalue weighted by molar-refractivity contribution is 1.13. The highest BCUT2D eigenvalue weighted by Crippen LogP contribution is 2.49. The summed E-state index contributed by atoms with van der Waals surface area (Å²) in [5.41, 5.74) is 8.07. The molecule has 27 heavy (non-hydrogen) atoms. The van der Waals surface area contributed by atoms with E-state index in [0.717, 1.165) is 22.4 Å². The Balaban J connectivity index is 1.59. The van der Waals surface area contributed by atoms with Gasteiger partial charge in [0.2, 0.25) is 0 Å². The highest BCUT2D eigenvalue weighted by Gasteiger charge is 2.21. The molecule has 0 fully saturated rings. The monoisotopic (exact) mass is 349 g/mol. The van der Waals surface area contributed by atoms with E-state index in [1.807, 2.05) is 26.2 Å². The largest absolute Gasteiger partial charge is 0.378 e. The van der Waals surface area contributed by atoms with Crippen molar-refractivity contribution >= 4 is 27.8 Å². The molecule has 0 aromatic heterocycles. The molecule has 0 spiro atoms. The van der Waals surface area contributed by atoms with Crippen molar-refractivity contribution in [2.24, 2.45) is 10.2 Å². The van der Waals surface area contributed by atoms with Crippen LogP contribution in [0.25, 0.3) is 33.0 Å². The van der Waals surface area contributed by atoms with Crippen LogP contribution in [0.5, 0.6) is 0 Å². The van der Waals surface area contributed by atoms with E-state index in [9.17, 15) is 0 Å². The lowest BCUT2D eigenvalue weighted by Crippen LogP contribution is -2.07. The Labute approximate surface area is 158 Å². The topological polar surface area (TPSA) is 28.0 Å². The molecule has 4 aromatic carbocycles. The Bertz CT molecular complexity index is 1160. The van der Waals surface area contributed by atoms with Gasteiger partial charge in [0.05, 0.1) is 11.4 Å². The molecule has 0 N–H and O–H groups in total. The molecule has 0 aliphatic heterocycles. The third-order valence-electron chi connectivity index (χ3n) is 5.16. The van der Waals surface area contributed by atoms with Crippen molar-refractivity contribution in [3.63, 3.8) is 0 Å². The van der Waals surface area contributed by atoms with Crippen molar-refractivity contribution in [1.82, 2.24) is 0 Å². The number of nitrogens with zero attached hydrogens (tertiary/aromatic N) is 3. The zero-order valence-corrected chi connectivity index (χ0v) is 15.3. The summed E-state index contributed by atoms with van der Waals surface area (Å²) in [7, 11) is 4.06. The maximum atomic E-state index is 4.56. The Morgan fingerprint density at radius 1 is 0.593 bits per heavy atom. The fourth-order valence-corrected chi connectivity index (χ4v) is 3.81. The van der Waals surface area contributed by atoms with Gasteiger partial charge in [0.15, 0.2) is 0 Å². The van der Waals surface area contributed by atoms with E-state index < -0.39 is 0 Å². The van der Waals surface area contributed by atoms with Crippen molar-refractivity contribution in [3.05, 3.63) is 78.9 Å².